The van der Waals surface area contributed by atoms with E-state index in [9.17, 15) is 9.90 Å². The first-order valence-corrected chi connectivity index (χ1v) is 4.88. The summed E-state index contributed by atoms with van der Waals surface area (Å²) in [5, 5.41) is 9.51. The van der Waals surface area contributed by atoms with E-state index >= 15 is 0 Å². The summed E-state index contributed by atoms with van der Waals surface area (Å²) in [6.07, 6.45) is 1.41. The van der Waals surface area contributed by atoms with E-state index in [4.69, 9.17) is 10.5 Å². The van der Waals surface area contributed by atoms with Crippen LogP contribution in [0.1, 0.15) is 10.4 Å². The van der Waals surface area contributed by atoms with Gasteiger partial charge >= 0.3 is 0 Å². The highest BCUT2D eigenvalue weighted by Gasteiger charge is 2.06. The van der Waals surface area contributed by atoms with Gasteiger partial charge in [0, 0.05) is 17.8 Å². The zero-order valence-electron chi connectivity index (χ0n) is 8.83. The van der Waals surface area contributed by atoms with Crippen LogP contribution in [-0.2, 0) is 0 Å². The van der Waals surface area contributed by atoms with Gasteiger partial charge in [-0.25, -0.2) is 4.98 Å². The molecular weight excluding hydrogens is 220 g/mol. The number of phenolic OH excluding ortho intramolecular Hbond substituents is 1. The number of aromatic hydroxyl groups is 1. The second kappa shape index (κ2) is 4.52. The number of para-hydroxylation sites is 2. The van der Waals surface area contributed by atoms with Crippen LogP contribution in [-0.4, -0.2) is 16.0 Å². The molecule has 1 heterocycles. The number of primary amides is 1. The summed E-state index contributed by atoms with van der Waals surface area (Å²) in [5.41, 5.74) is 5.43. The number of pyridine rings is 1. The fourth-order valence-electron chi connectivity index (χ4n) is 1.27. The van der Waals surface area contributed by atoms with Gasteiger partial charge in [-0.1, -0.05) is 12.1 Å². The molecule has 2 aromatic rings. The Kier molecular flexibility index (Phi) is 2.91. The molecule has 3 N–H and O–H groups in total. The Balaban J connectivity index is 2.28. The van der Waals surface area contributed by atoms with Gasteiger partial charge < -0.3 is 15.6 Å². The third-order valence-corrected chi connectivity index (χ3v) is 2.10. The standard InChI is InChI=1S/C12H10N2O3/c13-12(16)8-5-6-14-11(7-8)17-10-4-2-1-3-9(10)15/h1-7,15H,(H2,13,16). The molecule has 1 aromatic heterocycles. The van der Waals surface area contributed by atoms with Gasteiger partial charge in [0.2, 0.25) is 11.8 Å². The number of carbonyl (C=O) groups is 1. The van der Waals surface area contributed by atoms with E-state index in [1.54, 1.807) is 18.2 Å². The van der Waals surface area contributed by atoms with Crippen molar-refractivity contribution >= 4 is 5.91 Å². The Morgan fingerprint density at radius 3 is 2.76 bits per heavy atom. The zero-order chi connectivity index (χ0) is 12.3. The largest absolute Gasteiger partial charge is 0.504 e. The number of nitrogens with two attached hydrogens (primary N) is 1. The van der Waals surface area contributed by atoms with Crippen molar-refractivity contribution in [3.63, 3.8) is 0 Å². The number of amides is 1. The Hall–Kier alpha value is -2.56. The van der Waals surface area contributed by atoms with Crippen molar-refractivity contribution in [2.75, 3.05) is 0 Å². The average molecular weight is 230 g/mol. The number of ether oxygens (including phenoxy) is 1. The summed E-state index contributed by atoms with van der Waals surface area (Å²) in [7, 11) is 0. The predicted molar refractivity (Wildman–Crippen MR) is 60.9 cm³/mol. The van der Waals surface area contributed by atoms with Gasteiger partial charge in [0.05, 0.1) is 0 Å². The molecule has 0 aliphatic heterocycles. The van der Waals surface area contributed by atoms with Crippen molar-refractivity contribution in [2.45, 2.75) is 0 Å². The average Bonchev–Trinajstić information content (AvgIpc) is 2.32. The Bertz CT molecular complexity index is 555. The number of nitrogens with zero attached hydrogens (tertiary/aromatic N) is 1. The molecule has 0 atom stereocenters. The van der Waals surface area contributed by atoms with Crippen LogP contribution >= 0.6 is 0 Å². The van der Waals surface area contributed by atoms with Crippen LogP contribution < -0.4 is 10.5 Å². The Morgan fingerprint density at radius 2 is 2.06 bits per heavy atom. The van der Waals surface area contributed by atoms with Crippen molar-refractivity contribution in [3.8, 4) is 17.4 Å². The van der Waals surface area contributed by atoms with E-state index < -0.39 is 5.91 Å². The molecule has 0 aliphatic rings. The van der Waals surface area contributed by atoms with E-state index in [0.29, 0.717) is 5.56 Å². The maximum absolute atomic E-state index is 11.0. The SMILES string of the molecule is NC(=O)c1ccnc(Oc2ccccc2O)c1. The molecule has 0 bridgehead atoms. The maximum atomic E-state index is 11.0. The summed E-state index contributed by atoms with van der Waals surface area (Å²) < 4.78 is 5.33. The van der Waals surface area contributed by atoms with Crippen molar-refractivity contribution < 1.29 is 14.6 Å². The quantitative estimate of drug-likeness (QED) is 0.839. The summed E-state index contributed by atoms with van der Waals surface area (Å²) in [4.78, 5) is 14.9. The number of carbonyl (C=O) groups excluding carboxylic acids is 1. The van der Waals surface area contributed by atoms with Gasteiger partial charge in [-0.15, -0.1) is 0 Å². The number of hydrogen-bond donors (Lipinski definition) is 2. The molecule has 0 radical (unpaired) electrons. The van der Waals surface area contributed by atoms with Crippen LogP contribution in [0.5, 0.6) is 17.4 Å². The van der Waals surface area contributed by atoms with Gasteiger partial charge in [0.25, 0.3) is 0 Å². The minimum atomic E-state index is -0.561. The fraction of sp³-hybridized carbons (Fsp3) is 0. The summed E-state index contributed by atoms with van der Waals surface area (Å²) >= 11 is 0. The fourth-order valence-corrected chi connectivity index (χ4v) is 1.27. The topological polar surface area (TPSA) is 85.4 Å². The third-order valence-electron chi connectivity index (χ3n) is 2.10. The molecule has 86 valence electrons. The first kappa shape index (κ1) is 10.9. The molecule has 5 heteroatoms. The number of aromatic nitrogens is 1. The van der Waals surface area contributed by atoms with Gasteiger partial charge in [0.1, 0.15) is 0 Å². The van der Waals surface area contributed by atoms with Crippen LogP contribution in [0.25, 0.3) is 0 Å². The first-order chi connectivity index (χ1) is 8.16. The first-order valence-electron chi connectivity index (χ1n) is 4.88. The minimum Gasteiger partial charge on any atom is -0.504 e. The van der Waals surface area contributed by atoms with Crippen molar-refractivity contribution in [1.29, 1.82) is 0 Å². The second-order valence-electron chi connectivity index (χ2n) is 3.32. The number of benzene rings is 1. The lowest BCUT2D eigenvalue weighted by molar-refractivity contribution is 0.1000. The monoisotopic (exact) mass is 230 g/mol. The van der Waals surface area contributed by atoms with Crippen LogP contribution in [0.4, 0.5) is 0 Å². The molecule has 1 amide bonds. The molecular formula is C12H10N2O3. The van der Waals surface area contributed by atoms with Gasteiger partial charge in [0.15, 0.2) is 11.5 Å². The zero-order valence-corrected chi connectivity index (χ0v) is 8.83. The third kappa shape index (κ3) is 2.52. The molecule has 0 spiro atoms. The molecule has 0 unspecified atom stereocenters. The van der Waals surface area contributed by atoms with Crippen LogP contribution in [0, 0.1) is 0 Å². The summed E-state index contributed by atoms with van der Waals surface area (Å²) in [6.45, 7) is 0. The predicted octanol–water partition coefficient (Wildman–Crippen LogP) is 1.68. The van der Waals surface area contributed by atoms with E-state index in [2.05, 4.69) is 4.98 Å². The summed E-state index contributed by atoms with van der Waals surface area (Å²) in [6, 6.07) is 9.37. The molecule has 5 nitrogen and oxygen atoms in total. The van der Waals surface area contributed by atoms with Crippen molar-refractivity contribution in [2.24, 2.45) is 5.73 Å². The molecule has 0 saturated heterocycles. The highest BCUT2D eigenvalue weighted by atomic mass is 16.5. The lowest BCUT2D eigenvalue weighted by Crippen LogP contribution is -2.10. The molecule has 0 fully saturated rings. The Labute approximate surface area is 97.5 Å². The van der Waals surface area contributed by atoms with Crippen LogP contribution in [0.15, 0.2) is 42.6 Å². The van der Waals surface area contributed by atoms with E-state index in [-0.39, 0.29) is 17.4 Å². The van der Waals surface area contributed by atoms with Crippen molar-refractivity contribution in [3.05, 3.63) is 48.2 Å². The lowest BCUT2D eigenvalue weighted by atomic mass is 10.2. The normalized spacial score (nSPS) is 9.88. The number of rotatable bonds is 3. The minimum absolute atomic E-state index is 0.00113. The summed E-state index contributed by atoms with van der Waals surface area (Å²) in [5.74, 6) is -0.0993. The molecule has 1 aromatic carbocycles. The van der Waals surface area contributed by atoms with Crippen LogP contribution in [0.2, 0.25) is 0 Å². The van der Waals surface area contributed by atoms with E-state index in [1.807, 2.05) is 0 Å². The maximum Gasteiger partial charge on any atom is 0.248 e. The Morgan fingerprint density at radius 1 is 1.29 bits per heavy atom. The smallest absolute Gasteiger partial charge is 0.248 e. The van der Waals surface area contributed by atoms with Crippen molar-refractivity contribution in [1.82, 2.24) is 4.98 Å². The van der Waals surface area contributed by atoms with Gasteiger partial charge in [-0.3, -0.25) is 4.79 Å². The molecule has 0 aliphatic carbocycles. The number of hydrogen-bond acceptors (Lipinski definition) is 4. The highest BCUT2D eigenvalue weighted by molar-refractivity contribution is 5.92. The van der Waals surface area contributed by atoms with E-state index in [1.165, 1.54) is 24.4 Å². The molecule has 17 heavy (non-hydrogen) atoms. The van der Waals surface area contributed by atoms with Gasteiger partial charge in [-0.2, -0.15) is 0 Å². The van der Waals surface area contributed by atoms with E-state index in [0.717, 1.165) is 0 Å². The highest BCUT2D eigenvalue weighted by Crippen LogP contribution is 2.28. The number of phenols is 1. The van der Waals surface area contributed by atoms with Gasteiger partial charge in [-0.05, 0) is 18.2 Å². The second-order valence-corrected chi connectivity index (χ2v) is 3.32. The molecule has 0 saturated carbocycles. The molecule has 2 rings (SSSR count). The van der Waals surface area contributed by atoms with Crippen LogP contribution in [0.3, 0.4) is 0 Å². The lowest BCUT2D eigenvalue weighted by Gasteiger charge is -2.06.